The van der Waals surface area contributed by atoms with Gasteiger partial charge in [0.2, 0.25) is 5.91 Å². The molecule has 2 unspecified atom stereocenters. The summed E-state index contributed by atoms with van der Waals surface area (Å²) in [5.74, 6) is -3.27. The van der Waals surface area contributed by atoms with Crippen LogP contribution in [0.15, 0.2) is 41.5 Å². The molecule has 0 radical (unpaired) electrons. The number of ether oxygens (including phenoxy) is 1. The van der Waals surface area contributed by atoms with E-state index in [2.05, 4.69) is 41.2 Å². The first kappa shape index (κ1) is 29.4. The Hall–Kier alpha value is -4.60. The second-order valence-electron chi connectivity index (χ2n) is 8.82. The summed E-state index contributed by atoms with van der Waals surface area (Å²) in [5, 5.41) is 26.9. The molecule has 0 saturated carbocycles. The van der Waals surface area contributed by atoms with Crippen molar-refractivity contribution in [3.63, 3.8) is 0 Å². The van der Waals surface area contributed by atoms with Crippen molar-refractivity contribution in [2.75, 3.05) is 25.0 Å². The van der Waals surface area contributed by atoms with Crippen LogP contribution in [0.1, 0.15) is 28.4 Å². The molecule has 2 aromatic carbocycles. The Morgan fingerprint density at radius 2 is 1.98 bits per heavy atom. The Kier molecular flexibility index (Phi) is 8.80. The number of halogens is 5. The number of aromatic amines is 1. The Labute approximate surface area is 233 Å². The lowest BCUT2D eigenvalue weighted by molar-refractivity contribution is -0.274. The molecule has 17 heteroatoms. The van der Waals surface area contributed by atoms with Crippen molar-refractivity contribution in [2.24, 2.45) is 4.99 Å². The third kappa shape index (κ3) is 8.20. The molecule has 0 saturated heterocycles. The topological polar surface area (TPSA) is 170 Å². The molecule has 1 aliphatic rings. The van der Waals surface area contributed by atoms with E-state index in [-0.39, 0.29) is 29.2 Å². The van der Waals surface area contributed by atoms with E-state index in [1.807, 2.05) is 0 Å². The number of benzene rings is 2. The van der Waals surface area contributed by atoms with Crippen molar-refractivity contribution in [3.05, 3.63) is 52.7 Å². The SMILES string of the molecule is O=C(O)CC(NC(=O)CNC(=O)c1cc(NC2=NCC(F)CN2)c2cn[nH]c2c1)c1cc(Cl)cc(OC(F)(F)F)c1. The monoisotopic (exact) mass is 599 g/mol. The smallest absolute Gasteiger partial charge is 0.481 e. The van der Waals surface area contributed by atoms with E-state index in [0.29, 0.717) is 22.5 Å². The van der Waals surface area contributed by atoms with Crippen molar-refractivity contribution in [1.82, 2.24) is 26.1 Å². The lowest BCUT2D eigenvalue weighted by Gasteiger charge is -2.20. The molecule has 0 aliphatic carbocycles. The van der Waals surface area contributed by atoms with Crippen molar-refractivity contribution in [1.29, 1.82) is 0 Å². The molecule has 6 N–H and O–H groups in total. The van der Waals surface area contributed by atoms with Gasteiger partial charge in [-0.15, -0.1) is 13.2 Å². The number of amides is 2. The normalized spacial score (nSPS) is 15.8. The van der Waals surface area contributed by atoms with E-state index in [9.17, 15) is 37.1 Å². The number of aliphatic carboxylic acids is 1. The zero-order valence-corrected chi connectivity index (χ0v) is 21.6. The van der Waals surface area contributed by atoms with Gasteiger partial charge in [0.25, 0.3) is 5.91 Å². The van der Waals surface area contributed by atoms with Gasteiger partial charge in [-0.2, -0.15) is 5.10 Å². The Morgan fingerprint density at radius 1 is 1.20 bits per heavy atom. The van der Waals surface area contributed by atoms with Gasteiger partial charge in [-0.3, -0.25) is 19.5 Å². The van der Waals surface area contributed by atoms with Gasteiger partial charge in [0.05, 0.1) is 49.5 Å². The molecule has 0 fully saturated rings. The summed E-state index contributed by atoms with van der Waals surface area (Å²) in [4.78, 5) is 40.9. The molecule has 41 heavy (non-hydrogen) atoms. The number of rotatable bonds is 9. The number of aliphatic imine (C=N–C) groups is 1. The molecular formula is C24H22ClF4N7O5. The largest absolute Gasteiger partial charge is 0.573 e. The standard InChI is InChI=1S/C24H22ClF4N7O5/c25-13-1-11(2-15(5-13)41-24(27,28)29)17(6-21(38)39)34-20(37)10-30-22(40)12-3-18(16-9-33-36-19(16)4-12)35-23-31-7-14(26)8-32-23/h1-5,9,14,17H,6-8,10H2,(H,30,40)(H,33,36)(H,34,37)(H,38,39)(H2,31,32,35). The van der Waals surface area contributed by atoms with Crippen molar-refractivity contribution < 1.29 is 41.8 Å². The number of carboxylic acids is 1. The van der Waals surface area contributed by atoms with E-state index in [1.165, 1.54) is 24.4 Å². The number of nitrogens with zero attached hydrogens (tertiary/aromatic N) is 2. The average Bonchev–Trinajstić information content (AvgIpc) is 3.36. The summed E-state index contributed by atoms with van der Waals surface area (Å²) in [6.45, 7) is -0.574. The second kappa shape index (κ2) is 12.3. The minimum Gasteiger partial charge on any atom is -0.481 e. The van der Waals surface area contributed by atoms with Gasteiger partial charge in [0, 0.05) is 16.0 Å². The number of anilines is 1. The maximum atomic E-state index is 13.4. The lowest BCUT2D eigenvalue weighted by atomic mass is 10.0. The van der Waals surface area contributed by atoms with Crippen LogP contribution in [0.3, 0.4) is 0 Å². The highest BCUT2D eigenvalue weighted by Gasteiger charge is 2.32. The molecule has 0 spiro atoms. The molecule has 2 amide bonds. The Morgan fingerprint density at radius 3 is 2.66 bits per heavy atom. The first-order chi connectivity index (χ1) is 19.4. The Bertz CT molecular complexity index is 1500. The van der Waals surface area contributed by atoms with Crippen LogP contribution in [0, 0.1) is 0 Å². The number of carbonyl (C=O) groups excluding carboxylic acids is 2. The third-order valence-electron chi connectivity index (χ3n) is 5.67. The lowest BCUT2D eigenvalue weighted by Crippen LogP contribution is -2.41. The first-order valence-corrected chi connectivity index (χ1v) is 12.3. The number of H-pyrrole nitrogens is 1. The van der Waals surface area contributed by atoms with E-state index in [0.717, 1.165) is 12.1 Å². The quantitative estimate of drug-likeness (QED) is 0.204. The predicted octanol–water partition coefficient (Wildman–Crippen LogP) is 2.89. The molecule has 1 aliphatic heterocycles. The molecule has 218 valence electrons. The van der Waals surface area contributed by atoms with Gasteiger partial charge < -0.3 is 31.1 Å². The number of nitrogens with one attached hydrogen (secondary N) is 5. The number of fused-ring (bicyclic) bond motifs is 1. The number of carboxylic acid groups (broad SMARTS) is 1. The van der Waals surface area contributed by atoms with Crippen LogP contribution < -0.4 is 26.0 Å². The third-order valence-corrected chi connectivity index (χ3v) is 5.88. The summed E-state index contributed by atoms with van der Waals surface area (Å²) < 4.78 is 55.2. The molecule has 0 bridgehead atoms. The van der Waals surface area contributed by atoms with Crippen LogP contribution >= 0.6 is 11.6 Å². The predicted molar refractivity (Wildman–Crippen MR) is 139 cm³/mol. The maximum absolute atomic E-state index is 13.4. The fraction of sp³-hybridized carbons (Fsp3) is 0.292. The summed E-state index contributed by atoms with van der Waals surface area (Å²) in [5.41, 5.74) is 0.956. The molecule has 12 nitrogen and oxygen atoms in total. The number of guanidine groups is 1. The van der Waals surface area contributed by atoms with Crippen molar-refractivity contribution in [2.45, 2.75) is 25.0 Å². The summed E-state index contributed by atoms with van der Waals surface area (Å²) in [6.07, 6.45) is -5.33. The van der Waals surface area contributed by atoms with Crippen LogP contribution in [0.5, 0.6) is 5.75 Å². The van der Waals surface area contributed by atoms with Gasteiger partial charge in [-0.05, 0) is 35.9 Å². The van der Waals surface area contributed by atoms with E-state index < -0.39 is 55.1 Å². The maximum Gasteiger partial charge on any atom is 0.573 e. The fourth-order valence-corrected chi connectivity index (χ4v) is 4.16. The second-order valence-corrected chi connectivity index (χ2v) is 9.25. The zero-order valence-electron chi connectivity index (χ0n) is 20.8. The summed E-state index contributed by atoms with van der Waals surface area (Å²) in [7, 11) is 0. The number of aromatic nitrogens is 2. The van der Waals surface area contributed by atoms with Gasteiger partial charge >= 0.3 is 12.3 Å². The molecule has 4 rings (SSSR count). The van der Waals surface area contributed by atoms with Crippen molar-refractivity contribution >= 4 is 51.9 Å². The minimum absolute atomic E-state index is 0.0339. The number of carbonyl (C=O) groups is 3. The van der Waals surface area contributed by atoms with Gasteiger partial charge in [0.1, 0.15) is 11.9 Å². The van der Waals surface area contributed by atoms with Crippen molar-refractivity contribution in [3.8, 4) is 5.75 Å². The summed E-state index contributed by atoms with van der Waals surface area (Å²) in [6, 6.07) is 4.63. The van der Waals surface area contributed by atoms with Crippen LogP contribution in [0.2, 0.25) is 5.02 Å². The van der Waals surface area contributed by atoms with Gasteiger partial charge in [-0.1, -0.05) is 11.6 Å². The fourth-order valence-electron chi connectivity index (χ4n) is 3.93. The van der Waals surface area contributed by atoms with Crippen LogP contribution in [0.4, 0.5) is 23.2 Å². The Balaban J connectivity index is 1.45. The molecule has 3 aromatic rings. The highest BCUT2D eigenvalue weighted by molar-refractivity contribution is 6.30. The molecular weight excluding hydrogens is 578 g/mol. The van der Waals surface area contributed by atoms with E-state index in [4.69, 9.17) is 11.6 Å². The highest BCUT2D eigenvalue weighted by Crippen LogP contribution is 2.30. The number of hydrogen-bond acceptors (Lipinski definition) is 8. The minimum atomic E-state index is -5.02. The molecule has 2 atom stereocenters. The van der Waals surface area contributed by atoms with Gasteiger partial charge in [-0.25, -0.2) is 9.38 Å². The van der Waals surface area contributed by atoms with Gasteiger partial charge in [0.15, 0.2) is 5.96 Å². The summed E-state index contributed by atoms with van der Waals surface area (Å²) >= 11 is 5.88. The van der Waals surface area contributed by atoms with Crippen LogP contribution in [-0.4, -0.2) is 71.2 Å². The van der Waals surface area contributed by atoms with E-state index >= 15 is 0 Å². The van der Waals surface area contributed by atoms with Crippen LogP contribution in [0.25, 0.3) is 10.9 Å². The average molecular weight is 600 g/mol. The molecule has 2 heterocycles. The first-order valence-electron chi connectivity index (χ1n) is 11.9. The van der Waals surface area contributed by atoms with Crippen LogP contribution in [-0.2, 0) is 9.59 Å². The zero-order chi connectivity index (χ0) is 29.7. The highest BCUT2D eigenvalue weighted by atomic mass is 35.5. The number of alkyl halides is 4. The number of hydrogen-bond donors (Lipinski definition) is 6. The van der Waals surface area contributed by atoms with E-state index in [1.54, 1.807) is 0 Å². The molecule has 1 aromatic heterocycles.